The fourth-order valence-corrected chi connectivity index (χ4v) is 3.08. The average Bonchev–Trinajstić information content (AvgIpc) is 2.82. The van der Waals surface area contributed by atoms with Crippen molar-refractivity contribution in [2.75, 3.05) is 26.2 Å². The minimum absolute atomic E-state index is 0.278. The van der Waals surface area contributed by atoms with Crippen molar-refractivity contribution in [2.45, 2.75) is 44.8 Å². The van der Waals surface area contributed by atoms with Crippen molar-refractivity contribution in [3.8, 4) is 0 Å². The SMILES string of the molecule is CCc1nccn1CCN1CCC2(CCO2)CC1. The van der Waals surface area contributed by atoms with Crippen LogP contribution in [-0.2, 0) is 17.7 Å². The summed E-state index contributed by atoms with van der Waals surface area (Å²) in [6, 6.07) is 0. The van der Waals surface area contributed by atoms with Gasteiger partial charge in [0.2, 0.25) is 0 Å². The first kappa shape index (κ1) is 12.2. The zero-order valence-corrected chi connectivity index (χ0v) is 11.3. The predicted molar refractivity (Wildman–Crippen MR) is 70.6 cm³/mol. The van der Waals surface area contributed by atoms with Crippen LogP contribution in [0.1, 0.15) is 32.0 Å². The Kier molecular flexibility index (Phi) is 3.39. The van der Waals surface area contributed by atoms with Gasteiger partial charge in [0.1, 0.15) is 5.82 Å². The smallest absolute Gasteiger partial charge is 0.108 e. The number of nitrogens with zero attached hydrogens (tertiary/aromatic N) is 3. The summed E-state index contributed by atoms with van der Waals surface area (Å²) in [6.45, 7) is 7.73. The highest BCUT2D eigenvalue weighted by Crippen LogP contribution is 2.36. The van der Waals surface area contributed by atoms with Crippen LogP contribution in [-0.4, -0.2) is 46.3 Å². The lowest BCUT2D eigenvalue weighted by Gasteiger charge is -2.47. The third-order valence-electron chi connectivity index (χ3n) is 4.51. The van der Waals surface area contributed by atoms with E-state index in [0.29, 0.717) is 0 Å². The summed E-state index contributed by atoms with van der Waals surface area (Å²) in [5.74, 6) is 1.20. The standard InChI is InChI=1S/C14H23N3O/c1-2-13-15-6-9-17(13)11-10-16-7-3-14(4-8-16)5-12-18-14/h6,9H,2-5,7-8,10-12H2,1H3. The lowest BCUT2D eigenvalue weighted by Crippen LogP contribution is -2.52. The molecule has 3 heterocycles. The number of hydrogen-bond donors (Lipinski definition) is 0. The van der Waals surface area contributed by atoms with Crippen molar-refractivity contribution in [1.82, 2.24) is 14.5 Å². The fourth-order valence-electron chi connectivity index (χ4n) is 3.08. The van der Waals surface area contributed by atoms with Crippen LogP contribution in [0.2, 0.25) is 0 Å². The van der Waals surface area contributed by atoms with Gasteiger partial charge >= 0.3 is 0 Å². The molecule has 0 N–H and O–H groups in total. The quantitative estimate of drug-likeness (QED) is 0.813. The first-order valence-electron chi connectivity index (χ1n) is 7.18. The Balaban J connectivity index is 1.47. The van der Waals surface area contributed by atoms with E-state index in [2.05, 4.69) is 27.6 Å². The third kappa shape index (κ3) is 2.31. The van der Waals surface area contributed by atoms with Crippen molar-refractivity contribution < 1.29 is 4.74 Å². The number of ether oxygens (including phenoxy) is 1. The summed E-state index contributed by atoms with van der Waals surface area (Å²) in [7, 11) is 0. The number of aromatic nitrogens is 2. The zero-order valence-electron chi connectivity index (χ0n) is 11.3. The molecule has 2 aliphatic heterocycles. The molecule has 0 aromatic carbocycles. The lowest BCUT2D eigenvalue weighted by atomic mass is 9.84. The maximum Gasteiger partial charge on any atom is 0.108 e. The van der Waals surface area contributed by atoms with Gasteiger partial charge in [-0.3, -0.25) is 0 Å². The Labute approximate surface area is 109 Å². The summed E-state index contributed by atoms with van der Waals surface area (Å²) < 4.78 is 8.03. The lowest BCUT2D eigenvalue weighted by molar-refractivity contribution is -0.172. The molecule has 1 aromatic rings. The molecule has 4 nitrogen and oxygen atoms in total. The number of imidazole rings is 1. The summed E-state index contributed by atoms with van der Waals surface area (Å²) in [4.78, 5) is 6.93. The molecule has 0 amide bonds. The van der Waals surface area contributed by atoms with Crippen molar-refractivity contribution in [3.63, 3.8) is 0 Å². The second kappa shape index (κ2) is 5.02. The van der Waals surface area contributed by atoms with Crippen LogP contribution in [0, 0.1) is 0 Å². The van der Waals surface area contributed by atoms with Crippen LogP contribution in [0.3, 0.4) is 0 Å². The maximum absolute atomic E-state index is 5.75. The molecule has 100 valence electrons. The minimum Gasteiger partial charge on any atom is -0.375 e. The number of piperidine rings is 1. The first-order chi connectivity index (χ1) is 8.81. The van der Waals surface area contributed by atoms with Crippen LogP contribution in [0.5, 0.6) is 0 Å². The maximum atomic E-state index is 5.75. The molecule has 0 atom stereocenters. The highest BCUT2D eigenvalue weighted by molar-refractivity contribution is 4.94. The van der Waals surface area contributed by atoms with Crippen molar-refractivity contribution in [3.05, 3.63) is 18.2 Å². The molecule has 0 saturated carbocycles. The van der Waals surface area contributed by atoms with E-state index in [1.54, 1.807) is 0 Å². The molecule has 3 rings (SSSR count). The largest absolute Gasteiger partial charge is 0.375 e. The minimum atomic E-state index is 0.278. The van der Waals surface area contributed by atoms with Gasteiger partial charge in [0, 0.05) is 45.0 Å². The van der Waals surface area contributed by atoms with Gasteiger partial charge in [-0.1, -0.05) is 6.92 Å². The Morgan fingerprint density at radius 1 is 1.28 bits per heavy atom. The van der Waals surface area contributed by atoms with E-state index in [0.717, 1.165) is 26.1 Å². The van der Waals surface area contributed by atoms with Gasteiger partial charge in [-0.25, -0.2) is 4.98 Å². The highest BCUT2D eigenvalue weighted by atomic mass is 16.5. The number of likely N-dealkylation sites (tertiary alicyclic amines) is 1. The van der Waals surface area contributed by atoms with E-state index < -0.39 is 0 Å². The first-order valence-corrected chi connectivity index (χ1v) is 7.18. The summed E-state index contributed by atoms with van der Waals surface area (Å²) in [5, 5.41) is 0. The Bertz CT molecular complexity index is 387. The van der Waals surface area contributed by atoms with E-state index in [1.807, 2.05) is 6.20 Å². The van der Waals surface area contributed by atoms with Crippen LogP contribution in [0.15, 0.2) is 12.4 Å². The number of aryl methyl sites for hydroxylation is 1. The average molecular weight is 249 g/mol. The van der Waals surface area contributed by atoms with Gasteiger partial charge < -0.3 is 14.2 Å². The van der Waals surface area contributed by atoms with Crippen LogP contribution < -0.4 is 0 Å². The normalized spacial score (nSPS) is 23.2. The second-order valence-corrected chi connectivity index (χ2v) is 5.51. The summed E-state index contributed by atoms with van der Waals surface area (Å²) >= 11 is 0. The summed E-state index contributed by atoms with van der Waals surface area (Å²) in [5.41, 5.74) is 0.278. The molecule has 2 aliphatic rings. The monoisotopic (exact) mass is 249 g/mol. The molecule has 0 radical (unpaired) electrons. The Hall–Kier alpha value is -0.870. The van der Waals surface area contributed by atoms with E-state index in [1.165, 1.54) is 38.2 Å². The highest BCUT2D eigenvalue weighted by Gasteiger charge is 2.40. The van der Waals surface area contributed by atoms with E-state index in [-0.39, 0.29) is 5.60 Å². The van der Waals surface area contributed by atoms with Gasteiger partial charge in [-0.2, -0.15) is 0 Å². The molecule has 0 aliphatic carbocycles. The van der Waals surface area contributed by atoms with Crippen LogP contribution in [0.4, 0.5) is 0 Å². The molecule has 4 heteroatoms. The van der Waals surface area contributed by atoms with Gasteiger partial charge in [0.25, 0.3) is 0 Å². The van der Waals surface area contributed by atoms with Crippen molar-refractivity contribution >= 4 is 0 Å². The van der Waals surface area contributed by atoms with Crippen LogP contribution in [0.25, 0.3) is 0 Å². The van der Waals surface area contributed by atoms with Gasteiger partial charge in [-0.05, 0) is 19.3 Å². The number of hydrogen-bond acceptors (Lipinski definition) is 3. The molecule has 18 heavy (non-hydrogen) atoms. The third-order valence-corrected chi connectivity index (χ3v) is 4.51. The molecular weight excluding hydrogens is 226 g/mol. The second-order valence-electron chi connectivity index (χ2n) is 5.51. The topological polar surface area (TPSA) is 30.3 Å². The molecule has 0 unspecified atom stereocenters. The van der Waals surface area contributed by atoms with Gasteiger partial charge in [0.05, 0.1) is 12.2 Å². The molecule has 1 spiro atoms. The molecule has 2 saturated heterocycles. The zero-order chi connectivity index (χ0) is 12.4. The Morgan fingerprint density at radius 3 is 2.67 bits per heavy atom. The van der Waals surface area contributed by atoms with Crippen molar-refractivity contribution in [1.29, 1.82) is 0 Å². The van der Waals surface area contributed by atoms with Gasteiger partial charge in [-0.15, -0.1) is 0 Å². The summed E-state index contributed by atoms with van der Waals surface area (Å²) in [6.07, 6.45) is 8.74. The Morgan fingerprint density at radius 2 is 2.06 bits per heavy atom. The fraction of sp³-hybridized carbons (Fsp3) is 0.786. The van der Waals surface area contributed by atoms with E-state index in [4.69, 9.17) is 4.74 Å². The number of rotatable bonds is 4. The van der Waals surface area contributed by atoms with E-state index in [9.17, 15) is 0 Å². The predicted octanol–water partition coefficient (Wildman–Crippen LogP) is 1.70. The molecule has 2 fully saturated rings. The van der Waals surface area contributed by atoms with Crippen LogP contribution >= 0.6 is 0 Å². The molecule has 0 bridgehead atoms. The molecule has 1 aromatic heterocycles. The van der Waals surface area contributed by atoms with E-state index >= 15 is 0 Å². The molecular formula is C14H23N3O. The van der Waals surface area contributed by atoms with Crippen molar-refractivity contribution in [2.24, 2.45) is 0 Å². The van der Waals surface area contributed by atoms with Gasteiger partial charge in [0.15, 0.2) is 0 Å².